The first kappa shape index (κ1) is 15.6. The predicted molar refractivity (Wildman–Crippen MR) is 75.2 cm³/mol. The molecule has 1 heterocycles. The second-order valence-electron chi connectivity index (χ2n) is 4.09. The molecule has 2 aromatic rings. The van der Waals surface area contributed by atoms with Crippen LogP contribution >= 0.6 is 0 Å². The van der Waals surface area contributed by atoms with E-state index >= 15 is 0 Å². The molecule has 0 spiro atoms. The Balaban J connectivity index is 2.09. The Bertz CT molecular complexity index is 811. The minimum atomic E-state index is -0.900. The maximum absolute atomic E-state index is 11.8. The van der Waals surface area contributed by atoms with Gasteiger partial charge in [0, 0.05) is 12.1 Å². The predicted octanol–water partition coefficient (Wildman–Crippen LogP) is 1.57. The Morgan fingerprint density at radius 3 is 2.57 bits per heavy atom. The van der Waals surface area contributed by atoms with Crippen LogP contribution in [0.5, 0.6) is 5.75 Å². The summed E-state index contributed by atoms with van der Waals surface area (Å²) in [6.45, 7) is 0. The molecule has 1 aromatic carbocycles. The van der Waals surface area contributed by atoms with E-state index in [0.717, 1.165) is 30.5 Å². The zero-order valence-electron chi connectivity index (χ0n) is 11.2. The van der Waals surface area contributed by atoms with Crippen LogP contribution in [0.4, 0.5) is 11.6 Å². The number of rotatable bonds is 5. The number of non-ortho nitro benzene ring substituents is 1. The molecule has 0 fully saturated rings. The van der Waals surface area contributed by atoms with Crippen molar-refractivity contribution in [1.82, 2.24) is 5.43 Å². The molecule has 11 heteroatoms. The number of benzene rings is 1. The smallest absolute Gasteiger partial charge is 0.433 e. The Kier molecular flexibility index (Phi) is 4.31. The minimum absolute atomic E-state index is 0.0141. The number of nitro benzene ring substituents is 1. The van der Waals surface area contributed by atoms with Crippen molar-refractivity contribution in [2.24, 2.45) is 5.10 Å². The lowest BCUT2D eigenvalue weighted by molar-refractivity contribution is -0.402. The van der Waals surface area contributed by atoms with Gasteiger partial charge < -0.3 is 9.52 Å². The lowest BCUT2D eigenvalue weighted by atomic mass is 10.1. The lowest BCUT2D eigenvalue weighted by Crippen LogP contribution is -2.17. The van der Waals surface area contributed by atoms with E-state index in [1.54, 1.807) is 0 Å². The second kappa shape index (κ2) is 6.34. The molecule has 0 aliphatic carbocycles. The number of nitrogens with one attached hydrogen (secondary N) is 1. The van der Waals surface area contributed by atoms with E-state index in [4.69, 9.17) is 4.42 Å². The molecule has 1 amide bonds. The molecule has 118 valence electrons. The van der Waals surface area contributed by atoms with E-state index in [2.05, 4.69) is 5.10 Å². The highest BCUT2D eigenvalue weighted by Crippen LogP contribution is 2.22. The number of carbonyl (C=O) groups excluding carboxylic acids is 1. The van der Waals surface area contributed by atoms with Crippen LogP contribution in [-0.2, 0) is 0 Å². The number of hydrazone groups is 1. The fraction of sp³-hybridized carbons (Fsp3) is 0. The van der Waals surface area contributed by atoms with E-state index < -0.39 is 27.4 Å². The highest BCUT2D eigenvalue weighted by molar-refractivity contribution is 5.97. The van der Waals surface area contributed by atoms with Gasteiger partial charge in [-0.3, -0.25) is 25.0 Å². The van der Waals surface area contributed by atoms with Crippen molar-refractivity contribution in [3.63, 3.8) is 0 Å². The number of hydrogen-bond donors (Lipinski definition) is 2. The van der Waals surface area contributed by atoms with E-state index in [-0.39, 0.29) is 17.0 Å². The summed E-state index contributed by atoms with van der Waals surface area (Å²) in [6, 6.07) is 5.30. The largest absolute Gasteiger partial charge is 0.507 e. The van der Waals surface area contributed by atoms with Gasteiger partial charge in [-0.25, -0.2) is 5.43 Å². The number of phenolic OH excluding ortho intramolecular Hbond substituents is 1. The molecule has 0 saturated carbocycles. The average Bonchev–Trinajstić information content (AvgIpc) is 2.96. The fourth-order valence-electron chi connectivity index (χ4n) is 1.54. The van der Waals surface area contributed by atoms with Crippen molar-refractivity contribution < 1.29 is 24.2 Å². The average molecular weight is 320 g/mol. The Hall–Kier alpha value is -3.76. The summed E-state index contributed by atoms with van der Waals surface area (Å²) in [5.74, 6) is -1.84. The second-order valence-corrected chi connectivity index (χ2v) is 4.09. The van der Waals surface area contributed by atoms with Crippen LogP contribution in [0.2, 0.25) is 0 Å². The maximum Gasteiger partial charge on any atom is 0.433 e. The number of nitrogens with zero attached hydrogens (tertiary/aromatic N) is 3. The Morgan fingerprint density at radius 1 is 1.22 bits per heavy atom. The van der Waals surface area contributed by atoms with Gasteiger partial charge in [0.25, 0.3) is 11.6 Å². The standard InChI is InChI=1S/C12H8N4O7/c17-10-3-1-7(15(19)20)5-9(10)12(18)14-13-6-8-2-4-11(23-8)16(21)22/h1-6,17H,(H,14,18)/b13-6-. The topological polar surface area (TPSA) is 161 Å². The summed E-state index contributed by atoms with van der Waals surface area (Å²) in [6.07, 6.45) is 0.999. The van der Waals surface area contributed by atoms with Crippen LogP contribution in [0, 0.1) is 20.2 Å². The highest BCUT2D eigenvalue weighted by Gasteiger charge is 2.16. The molecule has 0 unspecified atom stereocenters. The Morgan fingerprint density at radius 2 is 1.96 bits per heavy atom. The van der Waals surface area contributed by atoms with Crippen molar-refractivity contribution in [1.29, 1.82) is 0 Å². The third-order valence-electron chi connectivity index (χ3n) is 2.59. The number of hydrogen-bond acceptors (Lipinski definition) is 8. The van der Waals surface area contributed by atoms with Gasteiger partial charge in [-0.1, -0.05) is 0 Å². The zero-order valence-corrected chi connectivity index (χ0v) is 11.2. The van der Waals surface area contributed by atoms with Gasteiger partial charge in [-0.2, -0.15) is 5.10 Å². The van der Waals surface area contributed by atoms with Gasteiger partial charge in [0.1, 0.15) is 10.7 Å². The molecule has 23 heavy (non-hydrogen) atoms. The van der Waals surface area contributed by atoms with Crippen molar-refractivity contribution in [3.8, 4) is 5.75 Å². The van der Waals surface area contributed by atoms with E-state index in [1.807, 2.05) is 5.43 Å². The molecular formula is C12H8N4O7. The molecule has 0 saturated heterocycles. The number of amides is 1. The third-order valence-corrected chi connectivity index (χ3v) is 2.59. The van der Waals surface area contributed by atoms with Crippen LogP contribution in [0.25, 0.3) is 0 Å². The summed E-state index contributed by atoms with van der Waals surface area (Å²) in [5.41, 5.74) is 1.29. The van der Waals surface area contributed by atoms with Gasteiger partial charge in [0.05, 0.1) is 22.8 Å². The third kappa shape index (κ3) is 3.66. The summed E-state index contributed by atoms with van der Waals surface area (Å²) in [7, 11) is 0. The molecule has 0 aliphatic heterocycles. The fourth-order valence-corrected chi connectivity index (χ4v) is 1.54. The van der Waals surface area contributed by atoms with Gasteiger partial charge in [-0.05, 0) is 12.1 Å². The molecule has 11 nitrogen and oxygen atoms in total. The van der Waals surface area contributed by atoms with Gasteiger partial charge >= 0.3 is 5.88 Å². The summed E-state index contributed by atoms with van der Waals surface area (Å²) in [4.78, 5) is 31.4. The molecule has 0 atom stereocenters. The minimum Gasteiger partial charge on any atom is -0.507 e. The van der Waals surface area contributed by atoms with Crippen molar-refractivity contribution >= 4 is 23.7 Å². The first-order valence-corrected chi connectivity index (χ1v) is 5.93. The van der Waals surface area contributed by atoms with Crippen molar-refractivity contribution in [3.05, 3.63) is 61.9 Å². The Labute approximate surface area is 127 Å². The molecular weight excluding hydrogens is 312 g/mol. The van der Waals surface area contributed by atoms with Gasteiger partial charge in [-0.15, -0.1) is 0 Å². The number of furan rings is 1. The van der Waals surface area contributed by atoms with Crippen molar-refractivity contribution in [2.45, 2.75) is 0 Å². The SMILES string of the molecule is O=C(N/N=C\c1ccc([N+](=O)[O-])o1)c1cc([N+](=O)[O-])ccc1O. The van der Waals surface area contributed by atoms with Crippen LogP contribution in [0.1, 0.15) is 16.1 Å². The van der Waals surface area contributed by atoms with Gasteiger partial charge in [0.15, 0.2) is 5.76 Å². The molecule has 2 N–H and O–H groups in total. The summed E-state index contributed by atoms with van der Waals surface area (Å²) < 4.78 is 4.77. The van der Waals surface area contributed by atoms with E-state index in [9.17, 15) is 30.1 Å². The van der Waals surface area contributed by atoms with E-state index in [0.29, 0.717) is 0 Å². The summed E-state index contributed by atoms with van der Waals surface area (Å²) >= 11 is 0. The number of nitro groups is 2. The number of phenols is 1. The monoisotopic (exact) mass is 320 g/mol. The normalized spacial score (nSPS) is 10.6. The van der Waals surface area contributed by atoms with Gasteiger partial charge in [0.2, 0.25) is 0 Å². The van der Waals surface area contributed by atoms with Crippen LogP contribution in [0.3, 0.4) is 0 Å². The number of aromatic hydroxyl groups is 1. The van der Waals surface area contributed by atoms with E-state index in [1.165, 1.54) is 6.07 Å². The first-order chi connectivity index (χ1) is 10.9. The molecule has 0 radical (unpaired) electrons. The molecule has 0 aliphatic rings. The van der Waals surface area contributed by atoms with Crippen LogP contribution in [-0.4, -0.2) is 27.1 Å². The van der Waals surface area contributed by atoms with Crippen LogP contribution < -0.4 is 5.43 Å². The molecule has 0 bridgehead atoms. The van der Waals surface area contributed by atoms with Crippen LogP contribution in [0.15, 0.2) is 39.9 Å². The highest BCUT2D eigenvalue weighted by atomic mass is 16.6. The maximum atomic E-state index is 11.8. The number of carbonyl (C=O) groups is 1. The molecule has 2 rings (SSSR count). The van der Waals surface area contributed by atoms with Crippen molar-refractivity contribution in [2.75, 3.05) is 0 Å². The lowest BCUT2D eigenvalue weighted by Gasteiger charge is -2.02. The molecule has 1 aromatic heterocycles. The zero-order chi connectivity index (χ0) is 17.0. The first-order valence-electron chi connectivity index (χ1n) is 5.93. The summed E-state index contributed by atoms with van der Waals surface area (Å²) in [5, 5.41) is 34.1. The quantitative estimate of drug-likeness (QED) is 0.480.